The van der Waals surface area contributed by atoms with Crippen LogP contribution >= 0.6 is 0 Å². The number of hydrogen-bond donors (Lipinski definition) is 1. The molecule has 0 atom stereocenters. The van der Waals surface area contributed by atoms with Crippen LogP contribution in [-0.4, -0.2) is 34.9 Å². The second-order valence-corrected chi connectivity index (χ2v) is 5.33. The first-order valence-corrected chi connectivity index (χ1v) is 7.23. The van der Waals surface area contributed by atoms with Gasteiger partial charge in [-0.15, -0.1) is 0 Å². The van der Waals surface area contributed by atoms with E-state index in [0.717, 1.165) is 0 Å². The normalized spacial score (nSPS) is 11.2. The molecule has 4 aromatic heterocycles. The predicted molar refractivity (Wildman–Crippen MR) is 86.6 cm³/mol. The topological polar surface area (TPSA) is 99.1 Å². The van der Waals surface area contributed by atoms with Crippen molar-refractivity contribution in [2.45, 2.75) is 6.54 Å². The van der Waals surface area contributed by atoms with Crippen molar-refractivity contribution in [1.29, 1.82) is 0 Å². The number of rotatable bonds is 3. The number of fused-ring (bicyclic) bond motifs is 3. The lowest BCUT2D eigenvalue weighted by Gasteiger charge is -2.07. The number of aryl methyl sites for hydroxylation is 1. The van der Waals surface area contributed by atoms with E-state index >= 15 is 0 Å². The van der Waals surface area contributed by atoms with Gasteiger partial charge >= 0.3 is 0 Å². The van der Waals surface area contributed by atoms with Crippen LogP contribution in [0, 0.1) is 0 Å². The molecule has 0 unspecified atom stereocenters. The molecule has 9 heteroatoms. The summed E-state index contributed by atoms with van der Waals surface area (Å²) in [6.45, 7) is -0.109. The Labute approximate surface area is 135 Å². The number of amides is 1. The zero-order valence-electron chi connectivity index (χ0n) is 12.7. The lowest BCUT2D eigenvalue weighted by molar-refractivity contribution is -0.116. The van der Waals surface area contributed by atoms with Crippen molar-refractivity contribution in [2.24, 2.45) is 7.05 Å². The minimum atomic E-state index is -0.330. The Balaban J connectivity index is 1.67. The van der Waals surface area contributed by atoms with E-state index in [9.17, 15) is 9.59 Å². The molecular formula is C15H13N7O2. The first-order valence-electron chi connectivity index (χ1n) is 7.23. The lowest BCUT2D eigenvalue weighted by atomic mass is 10.3. The first kappa shape index (κ1) is 14.1. The van der Waals surface area contributed by atoms with E-state index in [1.54, 1.807) is 53.0 Å². The van der Waals surface area contributed by atoms with E-state index in [2.05, 4.69) is 20.5 Å². The van der Waals surface area contributed by atoms with E-state index < -0.39 is 0 Å². The molecule has 0 aliphatic heterocycles. The van der Waals surface area contributed by atoms with Crippen LogP contribution in [0.2, 0.25) is 0 Å². The van der Waals surface area contributed by atoms with Gasteiger partial charge in [-0.05, 0) is 6.07 Å². The summed E-state index contributed by atoms with van der Waals surface area (Å²) in [4.78, 5) is 28.9. The zero-order chi connectivity index (χ0) is 16.7. The molecule has 0 aliphatic rings. The number of pyridine rings is 1. The van der Waals surface area contributed by atoms with Crippen molar-refractivity contribution < 1.29 is 4.79 Å². The molecule has 4 heterocycles. The molecule has 0 fully saturated rings. The van der Waals surface area contributed by atoms with E-state index in [0.29, 0.717) is 22.4 Å². The molecule has 0 aromatic carbocycles. The summed E-state index contributed by atoms with van der Waals surface area (Å²) in [7, 11) is 1.76. The highest BCUT2D eigenvalue weighted by atomic mass is 16.2. The molecular weight excluding hydrogens is 310 g/mol. The summed E-state index contributed by atoms with van der Waals surface area (Å²) in [5.41, 5.74) is 1.01. The third-order valence-electron chi connectivity index (χ3n) is 3.65. The Morgan fingerprint density at radius 2 is 2.12 bits per heavy atom. The van der Waals surface area contributed by atoms with Crippen LogP contribution in [0.25, 0.3) is 16.6 Å². The maximum atomic E-state index is 12.6. The van der Waals surface area contributed by atoms with Crippen LogP contribution < -0.4 is 10.9 Å². The Hall–Kier alpha value is -3.49. The second-order valence-electron chi connectivity index (χ2n) is 5.33. The molecule has 0 bridgehead atoms. The van der Waals surface area contributed by atoms with Gasteiger partial charge in [0.1, 0.15) is 6.54 Å². The van der Waals surface area contributed by atoms with Gasteiger partial charge in [-0.3, -0.25) is 14.3 Å². The fourth-order valence-electron chi connectivity index (χ4n) is 2.54. The minimum Gasteiger partial charge on any atom is -0.308 e. The van der Waals surface area contributed by atoms with Crippen molar-refractivity contribution in [2.75, 3.05) is 5.32 Å². The molecule has 24 heavy (non-hydrogen) atoms. The molecule has 0 saturated carbocycles. The molecule has 4 rings (SSSR count). The van der Waals surface area contributed by atoms with Gasteiger partial charge in [0.05, 0.1) is 17.1 Å². The first-order chi connectivity index (χ1) is 11.6. The largest absolute Gasteiger partial charge is 0.308 e. The summed E-state index contributed by atoms with van der Waals surface area (Å²) >= 11 is 0. The fraction of sp³-hybridized carbons (Fsp3) is 0.133. The SMILES string of the molecule is Cn1ccc(NC(=O)Cn2ccc3c(cnc4ccnn43)c2=O)n1. The van der Waals surface area contributed by atoms with Crippen LogP contribution in [0.15, 0.2) is 47.8 Å². The number of nitrogens with one attached hydrogen (secondary N) is 1. The molecule has 0 spiro atoms. The number of anilines is 1. The maximum absolute atomic E-state index is 12.6. The number of carbonyl (C=O) groups excluding carboxylic acids is 1. The number of nitrogens with zero attached hydrogens (tertiary/aromatic N) is 6. The summed E-state index contributed by atoms with van der Waals surface area (Å²) in [6, 6.07) is 5.18. The highest BCUT2D eigenvalue weighted by Crippen LogP contribution is 2.10. The molecule has 0 saturated heterocycles. The van der Waals surface area contributed by atoms with Gasteiger partial charge in [-0.1, -0.05) is 0 Å². The van der Waals surface area contributed by atoms with E-state index in [4.69, 9.17) is 0 Å². The summed E-state index contributed by atoms with van der Waals surface area (Å²) in [5.74, 6) is 0.111. The smallest absolute Gasteiger partial charge is 0.262 e. The molecule has 0 radical (unpaired) electrons. The lowest BCUT2D eigenvalue weighted by Crippen LogP contribution is -2.27. The number of carbonyl (C=O) groups is 1. The Morgan fingerprint density at radius 3 is 2.92 bits per heavy atom. The molecule has 120 valence electrons. The Morgan fingerprint density at radius 1 is 1.25 bits per heavy atom. The van der Waals surface area contributed by atoms with Gasteiger partial charge in [-0.2, -0.15) is 10.2 Å². The van der Waals surface area contributed by atoms with Gasteiger partial charge in [-0.25, -0.2) is 9.50 Å². The molecule has 9 nitrogen and oxygen atoms in total. The molecule has 4 aromatic rings. The Kier molecular flexibility index (Phi) is 3.12. The highest BCUT2D eigenvalue weighted by Gasteiger charge is 2.11. The van der Waals surface area contributed by atoms with Crippen LogP contribution in [0.4, 0.5) is 5.82 Å². The third-order valence-corrected chi connectivity index (χ3v) is 3.65. The molecule has 0 aliphatic carbocycles. The highest BCUT2D eigenvalue weighted by molar-refractivity contribution is 5.89. The van der Waals surface area contributed by atoms with Gasteiger partial charge in [0.25, 0.3) is 5.56 Å². The van der Waals surface area contributed by atoms with Gasteiger partial charge in [0.15, 0.2) is 11.5 Å². The predicted octanol–water partition coefficient (Wildman–Crippen LogP) is 0.416. The summed E-state index contributed by atoms with van der Waals surface area (Å²) in [6.07, 6.45) is 6.41. The zero-order valence-corrected chi connectivity index (χ0v) is 12.7. The minimum absolute atomic E-state index is 0.109. The standard InChI is InChI=1S/C15H13N7O2/c1-20-6-4-12(19-20)18-14(23)9-21-7-3-11-10(15(21)24)8-16-13-2-5-17-22(11)13/h2-8H,9H2,1H3,(H,18,19,23). The van der Waals surface area contributed by atoms with Crippen LogP contribution in [0.3, 0.4) is 0 Å². The Bertz CT molecular complexity index is 1120. The van der Waals surface area contributed by atoms with Crippen molar-refractivity contribution in [3.63, 3.8) is 0 Å². The number of aromatic nitrogens is 6. The molecule has 1 N–H and O–H groups in total. The fourth-order valence-corrected chi connectivity index (χ4v) is 2.54. The van der Waals surface area contributed by atoms with E-state index in [1.807, 2.05) is 0 Å². The summed E-state index contributed by atoms with van der Waals surface area (Å²) in [5, 5.41) is 11.3. The van der Waals surface area contributed by atoms with Gasteiger partial charge < -0.3 is 9.88 Å². The van der Waals surface area contributed by atoms with Crippen LogP contribution in [0.5, 0.6) is 0 Å². The summed E-state index contributed by atoms with van der Waals surface area (Å²) < 4.78 is 4.51. The van der Waals surface area contributed by atoms with Gasteiger partial charge in [0.2, 0.25) is 5.91 Å². The average molecular weight is 323 g/mol. The second kappa shape index (κ2) is 5.30. The van der Waals surface area contributed by atoms with Crippen molar-refractivity contribution in [3.05, 3.63) is 53.3 Å². The van der Waals surface area contributed by atoms with Crippen molar-refractivity contribution in [3.8, 4) is 0 Å². The monoisotopic (exact) mass is 323 g/mol. The average Bonchev–Trinajstić information content (AvgIpc) is 3.18. The van der Waals surface area contributed by atoms with Crippen molar-refractivity contribution in [1.82, 2.24) is 28.9 Å². The third kappa shape index (κ3) is 2.32. The van der Waals surface area contributed by atoms with E-state index in [-0.39, 0.29) is 18.0 Å². The maximum Gasteiger partial charge on any atom is 0.262 e. The van der Waals surface area contributed by atoms with Gasteiger partial charge in [0, 0.05) is 37.8 Å². The quantitative estimate of drug-likeness (QED) is 0.589. The van der Waals surface area contributed by atoms with Crippen molar-refractivity contribution >= 4 is 28.3 Å². The number of hydrogen-bond acceptors (Lipinski definition) is 5. The molecule has 1 amide bonds. The van der Waals surface area contributed by atoms with Crippen LogP contribution in [-0.2, 0) is 18.4 Å². The van der Waals surface area contributed by atoms with Crippen LogP contribution in [0.1, 0.15) is 0 Å². The van der Waals surface area contributed by atoms with E-state index in [1.165, 1.54) is 10.8 Å².